The topological polar surface area (TPSA) is 49.3 Å². The van der Waals surface area contributed by atoms with Crippen molar-refractivity contribution in [3.8, 4) is 5.75 Å². The Labute approximate surface area is 123 Å². The third-order valence-corrected chi connectivity index (χ3v) is 3.64. The zero-order valence-corrected chi connectivity index (χ0v) is 13.3. The number of carbonyl (C=O) groups excluding carboxylic acids is 1. The molecule has 0 aliphatic rings. The minimum absolute atomic E-state index is 0.140. The van der Waals surface area contributed by atoms with Crippen LogP contribution < -0.4 is 5.32 Å². The maximum Gasteiger partial charge on any atom is 0.251 e. The highest BCUT2D eigenvalue weighted by Gasteiger charge is 2.07. The predicted octanol–water partition coefficient (Wildman–Crippen LogP) is 3.29. The summed E-state index contributed by atoms with van der Waals surface area (Å²) in [7, 11) is 0. The fourth-order valence-electron chi connectivity index (χ4n) is 1.34. The van der Waals surface area contributed by atoms with Crippen LogP contribution in [-0.4, -0.2) is 22.4 Å². The van der Waals surface area contributed by atoms with Crippen LogP contribution in [0.15, 0.2) is 18.2 Å². The molecule has 0 aliphatic heterocycles. The molecule has 0 aromatic heterocycles. The Morgan fingerprint density at radius 2 is 2.29 bits per heavy atom. The van der Waals surface area contributed by atoms with Crippen molar-refractivity contribution in [2.45, 2.75) is 24.6 Å². The zero-order chi connectivity index (χ0) is 12.8. The molecule has 17 heavy (non-hydrogen) atoms. The van der Waals surface area contributed by atoms with Gasteiger partial charge in [0.1, 0.15) is 5.75 Å². The molecule has 3 nitrogen and oxygen atoms in total. The molecule has 0 aliphatic carbocycles. The third kappa shape index (κ3) is 5.25. The summed E-state index contributed by atoms with van der Waals surface area (Å²) < 4.78 is 0.743. The van der Waals surface area contributed by atoms with Gasteiger partial charge in [0.05, 0.1) is 3.57 Å². The number of carbonyl (C=O) groups is 1. The first-order valence-corrected chi connectivity index (χ1v) is 7.41. The Balaban J connectivity index is 2.44. The van der Waals surface area contributed by atoms with E-state index in [-0.39, 0.29) is 11.7 Å². The van der Waals surface area contributed by atoms with E-state index in [1.807, 2.05) is 22.6 Å². The van der Waals surface area contributed by atoms with Crippen LogP contribution in [0, 0.1) is 3.57 Å². The van der Waals surface area contributed by atoms with Crippen molar-refractivity contribution in [2.24, 2.45) is 0 Å². The summed E-state index contributed by atoms with van der Waals surface area (Å²) in [5, 5.41) is 12.3. The molecule has 1 aromatic rings. The quantitative estimate of drug-likeness (QED) is 0.443. The molecule has 0 heterocycles. The minimum Gasteiger partial charge on any atom is -0.507 e. The lowest BCUT2D eigenvalue weighted by Gasteiger charge is -2.07. The molecule has 1 amide bonds. The van der Waals surface area contributed by atoms with Crippen molar-refractivity contribution in [3.63, 3.8) is 0 Å². The first kappa shape index (κ1) is 14.8. The lowest BCUT2D eigenvalue weighted by atomic mass is 10.2. The fraction of sp³-hybridized carbons (Fsp3) is 0.417. The molecule has 0 bridgehead atoms. The van der Waals surface area contributed by atoms with Crippen LogP contribution in [0.1, 0.15) is 30.1 Å². The number of hydrogen-bond donors (Lipinski definition) is 2. The van der Waals surface area contributed by atoms with Crippen LogP contribution in [0.25, 0.3) is 0 Å². The molecule has 94 valence electrons. The molecule has 0 radical (unpaired) electrons. The normalized spacial score (nSPS) is 12.2. The fourth-order valence-corrected chi connectivity index (χ4v) is 2.00. The van der Waals surface area contributed by atoms with E-state index in [0.717, 1.165) is 16.4 Å². The summed E-state index contributed by atoms with van der Waals surface area (Å²) in [6.45, 7) is 2.74. The van der Waals surface area contributed by atoms with Gasteiger partial charge in [0.25, 0.3) is 5.91 Å². The third-order valence-electron chi connectivity index (χ3n) is 2.27. The molecule has 0 fully saturated rings. The highest BCUT2D eigenvalue weighted by molar-refractivity contribution is 14.1. The highest BCUT2D eigenvalue weighted by atomic mass is 127. The van der Waals surface area contributed by atoms with Crippen LogP contribution in [0.4, 0.5) is 0 Å². The summed E-state index contributed by atoms with van der Waals surface area (Å²) in [5.74, 6) is 0.00579. The number of aromatic hydroxyl groups is 1. The van der Waals surface area contributed by atoms with Gasteiger partial charge in [0.2, 0.25) is 0 Å². The minimum atomic E-state index is -0.140. The van der Waals surface area contributed by atoms with Gasteiger partial charge in [0.15, 0.2) is 0 Å². The average molecular weight is 412 g/mol. The van der Waals surface area contributed by atoms with Crippen molar-refractivity contribution >= 4 is 44.4 Å². The largest absolute Gasteiger partial charge is 0.507 e. The Bertz CT molecular complexity index is 396. The van der Waals surface area contributed by atoms with Crippen LogP contribution in [-0.2, 0) is 0 Å². The smallest absolute Gasteiger partial charge is 0.251 e. The van der Waals surface area contributed by atoms with Gasteiger partial charge in [-0.05, 0) is 53.6 Å². The predicted molar refractivity (Wildman–Crippen MR) is 80.8 cm³/mol. The second-order valence-electron chi connectivity index (χ2n) is 3.85. The van der Waals surface area contributed by atoms with E-state index in [1.165, 1.54) is 6.07 Å². The maximum absolute atomic E-state index is 11.7. The van der Waals surface area contributed by atoms with Gasteiger partial charge in [0, 0.05) is 16.9 Å². The molecule has 1 atom stereocenters. The molecule has 5 heteroatoms. The van der Waals surface area contributed by atoms with Gasteiger partial charge < -0.3 is 10.4 Å². The lowest BCUT2D eigenvalue weighted by Crippen LogP contribution is -2.24. The van der Waals surface area contributed by atoms with Gasteiger partial charge in [-0.2, -0.15) is 0 Å². The number of phenols is 1. The van der Waals surface area contributed by atoms with Crippen molar-refractivity contribution in [2.75, 3.05) is 6.54 Å². The Morgan fingerprint density at radius 3 is 2.88 bits per heavy atom. The second-order valence-corrected chi connectivity index (χ2v) is 6.57. The van der Waals surface area contributed by atoms with Crippen molar-refractivity contribution in [1.29, 1.82) is 0 Å². The Morgan fingerprint density at radius 1 is 1.59 bits per heavy atom. The number of alkyl halides is 1. The average Bonchev–Trinajstić information content (AvgIpc) is 2.27. The van der Waals surface area contributed by atoms with Crippen LogP contribution >= 0.6 is 38.5 Å². The summed E-state index contributed by atoms with van der Waals surface area (Å²) in [4.78, 5) is 12.2. The number of phenolic OH excluding ortho intramolecular Hbond substituents is 1. The van der Waals surface area contributed by atoms with Gasteiger partial charge >= 0.3 is 0 Å². The Hall–Kier alpha value is -0.300. The van der Waals surface area contributed by atoms with Crippen LogP contribution in [0.2, 0.25) is 0 Å². The molecule has 1 unspecified atom stereocenters. The highest BCUT2D eigenvalue weighted by Crippen LogP contribution is 2.20. The first-order valence-electron chi connectivity index (χ1n) is 5.41. The number of hydrogen-bond acceptors (Lipinski definition) is 2. The number of rotatable bonds is 5. The van der Waals surface area contributed by atoms with Gasteiger partial charge in [-0.25, -0.2) is 0 Å². The standard InChI is InChI=1S/C12H15BrINO2/c1-8(13)3-2-6-15-12(17)9-4-5-10(14)11(16)7-9/h4-5,7-8,16H,2-3,6H2,1H3,(H,15,17). The number of halogens is 2. The van der Waals surface area contributed by atoms with E-state index in [2.05, 4.69) is 28.2 Å². The van der Waals surface area contributed by atoms with E-state index in [4.69, 9.17) is 0 Å². The molecular formula is C12H15BrINO2. The molecule has 0 saturated carbocycles. The molecule has 1 aromatic carbocycles. The van der Waals surface area contributed by atoms with E-state index in [1.54, 1.807) is 12.1 Å². The van der Waals surface area contributed by atoms with Crippen LogP contribution in [0.3, 0.4) is 0 Å². The first-order chi connectivity index (χ1) is 8.00. The number of nitrogens with one attached hydrogen (secondary N) is 1. The van der Waals surface area contributed by atoms with Gasteiger partial charge in [-0.1, -0.05) is 22.9 Å². The number of amides is 1. The lowest BCUT2D eigenvalue weighted by molar-refractivity contribution is 0.0952. The molecular weight excluding hydrogens is 397 g/mol. The van der Waals surface area contributed by atoms with Gasteiger partial charge in [-0.3, -0.25) is 4.79 Å². The summed E-state index contributed by atoms with van der Waals surface area (Å²) in [5.41, 5.74) is 0.495. The monoisotopic (exact) mass is 411 g/mol. The summed E-state index contributed by atoms with van der Waals surface area (Å²) in [6, 6.07) is 4.93. The second kappa shape index (κ2) is 7.20. The van der Waals surface area contributed by atoms with Gasteiger partial charge in [-0.15, -0.1) is 0 Å². The SMILES string of the molecule is CC(Br)CCCNC(=O)c1ccc(I)c(O)c1. The molecule has 2 N–H and O–H groups in total. The van der Waals surface area contributed by atoms with Crippen molar-refractivity contribution < 1.29 is 9.90 Å². The summed E-state index contributed by atoms with van der Waals surface area (Å²) in [6.07, 6.45) is 1.97. The number of benzene rings is 1. The van der Waals surface area contributed by atoms with E-state index in [0.29, 0.717) is 16.9 Å². The van der Waals surface area contributed by atoms with E-state index in [9.17, 15) is 9.90 Å². The van der Waals surface area contributed by atoms with E-state index < -0.39 is 0 Å². The van der Waals surface area contributed by atoms with Crippen LogP contribution in [0.5, 0.6) is 5.75 Å². The van der Waals surface area contributed by atoms with Crippen molar-refractivity contribution in [1.82, 2.24) is 5.32 Å². The Kier molecular flexibility index (Phi) is 6.26. The van der Waals surface area contributed by atoms with Crippen molar-refractivity contribution in [3.05, 3.63) is 27.3 Å². The molecule has 0 spiro atoms. The maximum atomic E-state index is 11.7. The zero-order valence-electron chi connectivity index (χ0n) is 9.54. The van der Waals surface area contributed by atoms with E-state index >= 15 is 0 Å². The molecule has 0 saturated heterocycles. The molecule has 1 rings (SSSR count). The summed E-state index contributed by atoms with van der Waals surface area (Å²) >= 11 is 5.48.